The van der Waals surface area contributed by atoms with Crippen LogP contribution in [0.15, 0.2) is 92.3 Å². The molecule has 0 unspecified atom stereocenters. The molecule has 2 heterocycles. The lowest BCUT2D eigenvalue weighted by molar-refractivity contribution is -0.139. The minimum absolute atomic E-state index is 0.0122. The molecule has 0 spiro atoms. The summed E-state index contributed by atoms with van der Waals surface area (Å²) in [7, 11) is 1.58. The number of carbonyl (C=O) groups is 1. The van der Waals surface area contributed by atoms with Gasteiger partial charge in [0.15, 0.2) is 16.3 Å². The Hall–Kier alpha value is -4.15. The van der Waals surface area contributed by atoms with Crippen molar-refractivity contribution >= 4 is 39.3 Å². The first-order chi connectivity index (χ1) is 21.2. The van der Waals surface area contributed by atoms with Crippen LogP contribution in [0.25, 0.3) is 6.08 Å². The second-order valence-electron chi connectivity index (χ2n) is 10.3. The average Bonchev–Trinajstić information content (AvgIpc) is 3.31. The normalized spacial score (nSPS) is 14.7. The summed E-state index contributed by atoms with van der Waals surface area (Å²) in [5.74, 6) is 1.30. The Morgan fingerprint density at radius 3 is 2.48 bits per heavy atom. The second-order valence-corrected chi connectivity index (χ2v) is 12.2. The molecular weight excluding hydrogens is 644 g/mol. The van der Waals surface area contributed by atoms with Gasteiger partial charge in [-0.3, -0.25) is 9.36 Å². The number of nitrogens with zero attached hydrogens (tertiary/aromatic N) is 2. The number of benzene rings is 3. The van der Waals surface area contributed by atoms with Gasteiger partial charge in [-0.15, -0.1) is 0 Å². The molecule has 1 aromatic heterocycles. The van der Waals surface area contributed by atoms with Crippen molar-refractivity contribution in [1.29, 1.82) is 0 Å². The van der Waals surface area contributed by atoms with E-state index in [4.69, 9.17) is 18.9 Å². The smallest absolute Gasteiger partial charge is 0.338 e. The predicted octanol–water partition coefficient (Wildman–Crippen LogP) is 5.94. The summed E-state index contributed by atoms with van der Waals surface area (Å²) in [6.45, 7) is 8.01. The quantitative estimate of drug-likeness (QED) is 0.193. The van der Waals surface area contributed by atoms with Gasteiger partial charge in [0.25, 0.3) is 5.56 Å². The number of aromatic nitrogens is 1. The van der Waals surface area contributed by atoms with E-state index in [1.807, 2.05) is 80.6 Å². The zero-order chi connectivity index (χ0) is 31.4. The highest BCUT2D eigenvalue weighted by Crippen LogP contribution is 2.35. The third kappa shape index (κ3) is 6.66. The van der Waals surface area contributed by atoms with E-state index in [2.05, 4.69) is 20.9 Å². The summed E-state index contributed by atoms with van der Waals surface area (Å²) in [6, 6.07) is 20.2. The minimum Gasteiger partial charge on any atom is -0.493 e. The largest absolute Gasteiger partial charge is 0.493 e. The SMILES string of the molecule is CCOC(=O)C1=C(C)N=c2s/c(=C\c3cc(OC)c(OCc4ccccc4)cc3Br)c(=O)n2[C@@H]1c1ccc(OC(C)C)cc1. The number of ether oxygens (including phenoxy) is 4. The van der Waals surface area contributed by atoms with Gasteiger partial charge in [-0.25, -0.2) is 9.79 Å². The standard InChI is InChI=1S/C34H33BrN2O6S/c1-6-41-33(39)30-21(4)36-34-37(31(30)23-12-14-25(15-13-23)43-20(2)3)32(38)29(44-34)17-24-16-27(40-5)28(18-26(24)35)42-19-22-10-8-7-9-11-22/h7-18,20,31H,6,19H2,1-5H3/b29-17-/t31-/m1/s1. The number of hydrogen-bond donors (Lipinski definition) is 0. The zero-order valence-electron chi connectivity index (χ0n) is 25.1. The van der Waals surface area contributed by atoms with E-state index in [1.54, 1.807) is 31.6 Å². The van der Waals surface area contributed by atoms with Gasteiger partial charge in [-0.05, 0) is 74.7 Å². The second kappa shape index (κ2) is 13.7. The van der Waals surface area contributed by atoms with Crippen molar-refractivity contribution in [1.82, 2.24) is 4.57 Å². The van der Waals surface area contributed by atoms with Gasteiger partial charge in [0.05, 0.1) is 41.7 Å². The Balaban J connectivity index is 1.57. The van der Waals surface area contributed by atoms with Crippen LogP contribution in [0, 0.1) is 0 Å². The summed E-state index contributed by atoms with van der Waals surface area (Å²) in [5, 5.41) is 0. The van der Waals surface area contributed by atoms with Crippen molar-refractivity contribution in [3.8, 4) is 17.2 Å². The molecule has 0 radical (unpaired) electrons. The molecule has 5 rings (SSSR count). The van der Waals surface area contributed by atoms with Crippen LogP contribution >= 0.6 is 27.3 Å². The minimum atomic E-state index is -0.715. The van der Waals surface area contributed by atoms with Gasteiger partial charge in [0.1, 0.15) is 12.4 Å². The maximum Gasteiger partial charge on any atom is 0.338 e. The number of thiazole rings is 1. The van der Waals surface area contributed by atoms with E-state index in [0.717, 1.165) is 21.2 Å². The lowest BCUT2D eigenvalue weighted by atomic mass is 9.96. The number of fused-ring (bicyclic) bond motifs is 1. The topological polar surface area (TPSA) is 88.4 Å². The molecule has 44 heavy (non-hydrogen) atoms. The molecule has 1 aliphatic rings. The molecule has 1 aliphatic heterocycles. The highest BCUT2D eigenvalue weighted by Gasteiger charge is 2.33. The monoisotopic (exact) mass is 676 g/mol. The zero-order valence-corrected chi connectivity index (χ0v) is 27.5. The van der Waals surface area contributed by atoms with Crippen molar-refractivity contribution < 1.29 is 23.7 Å². The molecule has 3 aromatic carbocycles. The number of allylic oxidation sites excluding steroid dienone is 1. The lowest BCUT2D eigenvalue weighted by Crippen LogP contribution is -2.39. The van der Waals surface area contributed by atoms with Crippen LogP contribution in [0.1, 0.15) is 50.4 Å². The Morgan fingerprint density at radius 2 is 1.82 bits per heavy atom. The summed E-state index contributed by atoms with van der Waals surface area (Å²) in [5.41, 5.74) is 3.06. The fourth-order valence-electron chi connectivity index (χ4n) is 4.92. The van der Waals surface area contributed by atoms with Crippen LogP contribution in [-0.2, 0) is 16.1 Å². The summed E-state index contributed by atoms with van der Waals surface area (Å²) < 4.78 is 25.6. The molecule has 10 heteroatoms. The third-order valence-electron chi connectivity index (χ3n) is 6.89. The molecule has 4 aromatic rings. The van der Waals surface area contributed by atoms with E-state index in [1.165, 1.54) is 11.3 Å². The number of carbonyl (C=O) groups excluding carboxylic acids is 1. The Kier molecular flexibility index (Phi) is 9.71. The van der Waals surface area contributed by atoms with E-state index in [9.17, 15) is 9.59 Å². The Labute approximate surface area is 268 Å². The van der Waals surface area contributed by atoms with E-state index in [0.29, 0.717) is 44.5 Å². The molecule has 0 amide bonds. The lowest BCUT2D eigenvalue weighted by Gasteiger charge is -2.25. The molecular formula is C34H33BrN2O6S. The van der Waals surface area contributed by atoms with Crippen LogP contribution in [-0.4, -0.2) is 30.4 Å². The molecule has 0 aliphatic carbocycles. The number of hydrogen-bond acceptors (Lipinski definition) is 8. The molecule has 0 fully saturated rings. The van der Waals surface area contributed by atoms with Gasteiger partial charge < -0.3 is 18.9 Å². The maximum atomic E-state index is 14.1. The highest BCUT2D eigenvalue weighted by molar-refractivity contribution is 9.10. The van der Waals surface area contributed by atoms with Gasteiger partial charge >= 0.3 is 5.97 Å². The number of methoxy groups -OCH3 is 1. The molecule has 8 nitrogen and oxygen atoms in total. The van der Waals surface area contributed by atoms with Crippen molar-refractivity contribution in [2.45, 2.75) is 46.4 Å². The molecule has 0 saturated carbocycles. The molecule has 0 N–H and O–H groups in total. The van der Waals surface area contributed by atoms with Crippen LogP contribution in [0.3, 0.4) is 0 Å². The summed E-state index contributed by atoms with van der Waals surface area (Å²) in [6.07, 6.45) is 1.80. The van der Waals surface area contributed by atoms with Crippen molar-refractivity contribution in [3.63, 3.8) is 0 Å². The molecule has 1 atom stereocenters. The first-order valence-corrected chi connectivity index (χ1v) is 15.8. The van der Waals surface area contributed by atoms with E-state index in [-0.39, 0.29) is 18.3 Å². The van der Waals surface area contributed by atoms with Crippen LogP contribution < -0.4 is 29.1 Å². The average molecular weight is 678 g/mol. The highest BCUT2D eigenvalue weighted by atomic mass is 79.9. The van der Waals surface area contributed by atoms with Crippen LogP contribution in [0.5, 0.6) is 17.2 Å². The molecule has 228 valence electrons. The van der Waals surface area contributed by atoms with Crippen LogP contribution in [0.4, 0.5) is 0 Å². The maximum absolute atomic E-state index is 14.1. The first kappa shape index (κ1) is 31.3. The fourth-order valence-corrected chi connectivity index (χ4v) is 6.39. The van der Waals surface area contributed by atoms with Gasteiger partial charge in [-0.1, -0.05) is 69.7 Å². The number of halogens is 1. The summed E-state index contributed by atoms with van der Waals surface area (Å²) in [4.78, 5) is 32.4. The number of esters is 1. The van der Waals surface area contributed by atoms with Crippen molar-refractivity contribution in [3.05, 3.63) is 119 Å². The molecule has 0 saturated heterocycles. The van der Waals surface area contributed by atoms with Gasteiger partial charge in [0.2, 0.25) is 0 Å². The van der Waals surface area contributed by atoms with Crippen molar-refractivity contribution in [2.75, 3.05) is 13.7 Å². The Morgan fingerprint density at radius 1 is 1.09 bits per heavy atom. The number of rotatable bonds is 10. The van der Waals surface area contributed by atoms with Gasteiger partial charge in [-0.2, -0.15) is 0 Å². The van der Waals surface area contributed by atoms with E-state index >= 15 is 0 Å². The molecule has 0 bridgehead atoms. The third-order valence-corrected chi connectivity index (χ3v) is 8.56. The fraction of sp³-hybridized carbons (Fsp3) is 0.265. The predicted molar refractivity (Wildman–Crippen MR) is 174 cm³/mol. The van der Waals surface area contributed by atoms with Crippen molar-refractivity contribution in [2.24, 2.45) is 4.99 Å². The van der Waals surface area contributed by atoms with Gasteiger partial charge in [0, 0.05) is 4.47 Å². The summed E-state index contributed by atoms with van der Waals surface area (Å²) >= 11 is 4.90. The first-order valence-electron chi connectivity index (χ1n) is 14.2. The van der Waals surface area contributed by atoms with E-state index < -0.39 is 12.0 Å². The Bertz CT molecular complexity index is 1880. The van der Waals surface area contributed by atoms with Crippen LogP contribution in [0.2, 0.25) is 0 Å².